The van der Waals surface area contributed by atoms with Crippen molar-refractivity contribution in [3.05, 3.63) is 11.8 Å². The average molecular weight is 282 g/mol. The Bertz CT molecular complexity index is 225. The molecule has 0 bridgehead atoms. The van der Waals surface area contributed by atoms with E-state index in [1.54, 1.807) is 0 Å². The Morgan fingerprint density at radius 3 is 2.00 bits per heavy atom. The normalized spacial score (nSPS) is 20.6. The lowest BCUT2D eigenvalue weighted by Gasteiger charge is -2.29. The molecule has 1 aliphatic heterocycles. The first-order valence-corrected chi connectivity index (χ1v) is 11.0. The van der Waals surface area contributed by atoms with Gasteiger partial charge in [0, 0.05) is 6.04 Å². The number of hydrogen-bond donors (Lipinski definition) is 0. The molecule has 0 saturated carbocycles. The molecule has 0 aromatic carbocycles. The Hall–Kier alpha value is -0.0831. The van der Waals surface area contributed by atoms with E-state index in [0.717, 1.165) is 0 Å². The Balaban J connectivity index is 2.42. The van der Waals surface area contributed by atoms with Crippen molar-refractivity contribution in [1.29, 1.82) is 0 Å². The molecule has 1 unspecified atom stereocenters. The van der Waals surface area contributed by atoms with E-state index in [-0.39, 0.29) is 0 Å². The molecule has 112 valence electrons. The van der Waals surface area contributed by atoms with Gasteiger partial charge in [-0.25, -0.2) is 0 Å². The van der Waals surface area contributed by atoms with Gasteiger partial charge in [-0.15, -0.1) is 5.70 Å². The molecule has 1 heterocycles. The van der Waals surface area contributed by atoms with Crippen LogP contribution in [-0.2, 0) is 0 Å². The smallest absolute Gasteiger partial charge is 0.0611 e. The van der Waals surface area contributed by atoms with Gasteiger partial charge in [0.1, 0.15) is 0 Å². The fraction of sp³-hybridized carbons (Fsp3) is 0.882. The summed E-state index contributed by atoms with van der Waals surface area (Å²) in [4.78, 5) is 2.71. The Morgan fingerprint density at radius 2 is 1.47 bits per heavy atom. The molecular formula is C17H35NSi. The van der Waals surface area contributed by atoms with Crippen LogP contribution in [0.4, 0.5) is 0 Å². The van der Waals surface area contributed by atoms with Gasteiger partial charge in [-0.1, -0.05) is 64.1 Å². The van der Waals surface area contributed by atoms with Gasteiger partial charge in [0.05, 0.1) is 8.80 Å². The summed E-state index contributed by atoms with van der Waals surface area (Å²) in [6.45, 7) is 9.72. The largest absolute Gasteiger partial charge is 0.297 e. The molecule has 19 heavy (non-hydrogen) atoms. The lowest BCUT2D eigenvalue weighted by Crippen LogP contribution is -2.34. The van der Waals surface area contributed by atoms with Gasteiger partial charge < -0.3 is 0 Å². The summed E-state index contributed by atoms with van der Waals surface area (Å²) >= 11 is 0. The summed E-state index contributed by atoms with van der Waals surface area (Å²) in [5.74, 6) is 0. The third kappa shape index (κ3) is 7.31. The molecule has 0 aromatic rings. The zero-order valence-corrected chi connectivity index (χ0v) is 14.7. The van der Waals surface area contributed by atoms with Crippen molar-refractivity contribution in [2.45, 2.75) is 83.8 Å². The predicted molar refractivity (Wildman–Crippen MR) is 90.6 cm³/mol. The van der Waals surface area contributed by atoms with E-state index in [1.807, 2.05) is 0 Å². The molecule has 1 fully saturated rings. The Labute approximate surface area is 123 Å². The van der Waals surface area contributed by atoms with Crippen molar-refractivity contribution in [2.24, 2.45) is 0 Å². The van der Waals surface area contributed by atoms with E-state index >= 15 is 0 Å². The summed E-state index contributed by atoms with van der Waals surface area (Å²) in [5.41, 5.74) is 2.65. The summed E-state index contributed by atoms with van der Waals surface area (Å²) in [6, 6.07) is 3.66. The van der Waals surface area contributed by atoms with E-state index < -0.39 is 8.80 Å². The fourth-order valence-corrected chi connectivity index (χ4v) is 5.99. The van der Waals surface area contributed by atoms with Crippen LogP contribution >= 0.6 is 0 Å². The van der Waals surface area contributed by atoms with E-state index in [9.17, 15) is 0 Å². The number of rotatable bonds is 7. The lowest BCUT2D eigenvalue weighted by molar-refractivity contribution is 0.219. The highest BCUT2D eigenvalue weighted by molar-refractivity contribution is 6.64. The first-order valence-electron chi connectivity index (χ1n) is 8.70. The van der Waals surface area contributed by atoms with Crippen molar-refractivity contribution in [2.75, 3.05) is 13.1 Å². The maximum absolute atomic E-state index is 2.71. The van der Waals surface area contributed by atoms with Crippen LogP contribution in [-0.4, -0.2) is 32.8 Å². The predicted octanol–water partition coefficient (Wildman–Crippen LogP) is 4.78. The molecule has 2 heteroatoms. The molecule has 0 spiro atoms. The second kappa shape index (κ2) is 10.7. The van der Waals surface area contributed by atoms with Crippen LogP contribution in [0.15, 0.2) is 11.8 Å². The molecule has 1 atom stereocenters. The second-order valence-electron chi connectivity index (χ2n) is 6.27. The third-order valence-electron chi connectivity index (χ3n) is 4.45. The van der Waals surface area contributed by atoms with Crippen LogP contribution < -0.4 is 0 Å². The van der Waals surface area contributed by atoms with E-state index in [0.29, 0.717) is 6.04 Å². The summed E-state index contributed by atoms with van der Waals surface area (Å²) in [5, 5.41) is 0. The van der Waals surface area contributed by atoms with Gasteiger partial charge in [0.15, 0.2) is 0 Å². The lowest BCUT2D eigenvalue weighted by atomic mass is 10.1. The molecule has 1 saturated heterocycles. The molecule has 0 aromatic heterocycles. The summed E-state index contributed by atoms with van der Waals surface area (Å²) < 4.78 is 0. The van der Waals surface area contributed by atoms with E-state index in [1.165, 1.54) is 70.1 Å². The second-order valence-corrected chi connectivity index (χ2v) is 9.33. The topological polar surface area (TPSA) is 3.24 Å². The molecule has 0 aliphatic carbocycles. The molecule has 1 rings (SSSR count). The van der Waals surface area contributed by atoms with Crippen molar-refractivity contribution >= 4 is 8.80 Å². The van der Waals surface area contributed by atoms with Gasteiger partial charge in [0.2, 0.25) is 0 Å². The van der Waals surface area contributed by atoms with Crippen molar-refractivity contribution in [1.82, 2.24) is 4.90 Å². The van der Waals surface area contributed by atoms with Crippen LogP contribution in [0, 0.1) is 0 Å². The van der Waals surface area contributed by atoms with Crippen LogP contribution in [0.5, 0.6) is 0 Å². The fourth-order valence-electron chi connectivity index (χ4n) is 3.20. The maximum Gasteiger partial charge on any atom is 0.0611 e. The van der Waals surface area contributed by atoms with Crippen LogP contribution in [0.2, 0.25) is 12.1 Å². The Morgan fingerprint density at radius 1 is 0.947 bits per heavy atom. The molecule has 1 aliphatic rings. The van der Waals surface area contributed by atoms with Crippen LogP contribution in [0.25, 0.3) is 0 Å². The Kier molecular flexibility index (Phi) is 9.53. The van der Waals surface area contributed by atoms with Crippen LogP contribution in [0.1, 0.15) is 65.7 Å². The zero-order chi connectivity index (χ0) is 13.9. The average Bonchev–Trinajstić information content (AvgIpc) is 2.36. The van der Waals surface area contributed by atoms with E-state index in [4.69, 9.17) is 0 Å². The number of likely N-dealkylation sites (tertiary alicyclic amines) is 1. The highest BCUT2D eigenvalue weighted by atomic mass is 28.3. The number of hydrogen-bond acceptors (Lipinski definition) is 1. The van der Waals surface area contributed by atoms with E-state index in [2.05, 4.69) is 37.4 Å². The molecular weight excluding hydrogens is 246 g/mol. The highest BCUT2D eigenvalue weighted by Gasteiger charge is 2.13. The minimum Gasteiger partial charge on any atom is -0.297 e. The van der Waals surface area contributed by atoms with Crippen molar-refractivity contribution < 1.29 is 0 Å². The van der Waals surface area contributed by atoms with Crippen molar-refractivity contribution in [3.8, 4) is 0 Å². The first-order chi connectivity index (χ1) is 9.27. The van der Waals surface area contributed by atoms with Gasteiger partial charge in [-0.05, 0) is 32.9 Å². The van der Waals surface area contributed by atoms with Crippen molar-refractivity contribution in [3.63, 3.8) is 0 Å². The standard InChI is InChI=1S/C17H35NSi/c1-4-14-19(15-5-2)16-11-17(3)18-12-9-7-6-8-10-13-18/h11,16-17,19H,4-10,12-15H2,1-3H3. The van der Waals surface area contributed by atoms with Gasteiger partial charge in [-0.2, -0.15) is 0 Å². The van der Waals surface area contributed by atoms with Gasteiger partial charge in [-0.3, -0.25) is 4.90 Å². The first kappa shape index (κ1) is 17.0. The maximum atomic E-state index is 2.71. The zero-order valence-electron chi connectivity index (χ0n) is 13.5. The van der Waals surface area contributed by atoms with Gasteiger partial charge in [0.25, 0.3) is 0 Å². The summed E-state index contributed by atoms with van der Waals surface area (Å²) in [6.07, 6.45) is 12.4. The highest BCUT2D eigenvalue weighted by Crippen LogP contribution is 2.14. The molecule has 1 nitrogen and oxygen atoms in total. The SMILES string of the molecule is CCC[SiH](C=CC(C)N1CCCCCCC1)CCC. The summed E-state index contributed by atoms with van der Waals surface area (Å²) in [7, 11) is -0.572. The molecule has 0 radical (unpaired) electrons. The monoisotopic (exact) mass is 281 g/mol. The van der Waals surface area contributed by atoms with Crippen LogP contribution in [0.3, 0.4) is 0 Å². The van der Waals surface area contributed by atoms with Gasteiger partial charge >= 0.3 is 0 Å². The quantitative estimate of drug-likeness (QED) is 0.607. The third-order valence-corrected chi connectivity index (χ3v) is 7.85. The minimum atomic E-state index is -0.572. The minimum absolute atomic E-state index is 0.572. The number of nitrogens with zero attached hydrogens (tertiary/aromatic N) is 1. The molecule has 0 amide bonds. The molecule has 0 N–H and O–H groups in total.